The van der Waals surface area contributed by atoms with Crippen LogP contribution in [0.1, 0.15) is 44.9 Å². The number of allylic oxidation sites excluding steroid dienone is 1. The van der Waals surface area contributed by atoms with Crippen molar-refractivity contribution >= 4 is 5.97 Å². The molecule has 0 aromatic rings. The summed E-state index contributed by atoms with van der Waals surface area (Å²) in [5.41, 5.74) is 0. The summed E-state index contributed by atoms with van der Waals surface area (Å²) in [5.74, 6) is 2.08. The second kappa shape index (κ2) is 6.37. The minimum Gasteiger partial charge on any atom is -0.478 e. The van der Waals surface area contributed by atoms with Gasteiger partial charge < -0.3 is 10.2 Å². The first-order valence-corrected chi connectivity index (χ1v) is 7.22. The molecule has 0 spiro atoms. The third-order valence-corrected chi connectivity index (χ3v) is 4.90. The van der Waals surface area contributed by atoms with Crippen LogP contribution in [0.3, 0.4) is 0 Å². The van der Waals surface area contributed by atoms with Crippen LogP contribution in [-0.4, -0.2) is 22.8 Å². The van der Waals surface area contributed by atoms with Gasteiger partial charge >= 0.3 is 5.97 Å². The van der Waals surface area contributed by atoms with Crippen molar-refractivity contribution in [2.45, 2.75) is 44.9 Å². The molecule has 102 valence electrons. The van der Waals surface area contributed by atoms with Crippen LogP contribution >= 0.6 is 0 Å². The highest BCUT2D eigenvalue weighted by Gasteiger charge is 2.46. The second-order valence-corrected chi connectivity index (χ2v) is 5.87. The zero-order valence-electron chi connectivity index (χ0n) is 10.9. The van der Waals surface area contributed by atoms with Crippen molar-refractivity contribution in [1.29, 1.82) is 0 Å². The lowest BCUT2D eigenvalue weighted by Crippen LogP contribution is -2.25. The van der Waals surface area contributed by atoms with E-state index < -0.39 is 5.97 Å². The van der Waals surface area contributed by atoms with Gasteiger partial charge in [-0.15, -0.1) is 0 Å². The van der Waals surface area contributed by atoms with Gasteiger partial charge in [0.1, 0.15) is 0 Å². The highest BCUT2D eigenvalue weighted by Crippen LogP contribution is 2.53. The lowest BCUT2D eigenvalue weighted by atomic mass is 9.77. The van der Waals surface area contributed by atoms with E-state index in [-0.39, 0.29) is 0 Å². The maximum absolute atomic E-state index is 10.3. The van der Waals surface area contributed by atoms with Crippen LogP contribution in [0.5, 0.6) is 0 Å². The summed E-state index contributed by atoms with van der Waals surface area (Å²) < 4.78 is 0. The van der Waals surface area contributed by atoms with E-state index in [0.717, 1.165) is 37.0 Å². The van der Waals surface area contributed by atoms with Crippen molar-refractivity contribution in [3.05, 3.63) is 12.2 Å². The molecule has 0 amide bonds. The number of carboxylic acids is 1. The maximum atomic E-state index is 10.3. The topological polar surface area (TPSA) is 57.5 Å². The van der Waals surface area contributed by atoms with Crippen molar-refractivity contribution in [3.63, 3.8) is 0 Å². The van der Waals surface area contributed by atoms with Crippen LogP contribution in [-0.2, 0) is 4.79 Å². The highest BCUT2D eigenvalue weighted by molar-refractivity contribution is 5.79. The van der Waals surface area contributed by atoms with Crippen LogP contribution in [0.2, 0.25) is 0 Å². The quantitative estimate of drug-likeness (QED) is 0.541. The number of rotatable bonds is 7. The molecular formula is C15H24O3. The molecule has 0 aliphatic heterocycles. The summed E-state index contributed by atoms with van der Waals surface area (Å²) in [7, 11) is 0. The van der Waals surface area contributed by atoms with Gasteiger partial charge in [0, 0.05) is 12.7 Å². The SMILES string of the molecule is O=C(O)C=CCCCC[C@@H]1[C@@H]2CC[C@@H](C2)[C@@H]1CO. The smallest absolute Gasteiger partial charge is 0.327 e. The van der Waals surface area contributed by atoms with Gasteiger partial charge in [0.05, 0.1) is 0 Å². The Bertz CT molecular complexity index is 311. The number of aliphatic carboxylic acids is 1. The van der Waals surface area contributed by atoms with Gasteiger partial charge in [0.2, 0.25) is 0 Å². The molecule has 2 aliphatic carbocycles. The average Bonchev–Trinajstić information content (AvgIpc) is 2.93. The van der Waals surface area contributed by atoms with Crippen molar-refractivity contribution in [1.82, 2.24) is 0 Å². The van der Waals surface area contributed by atoms with Crippen LogP contribution in [0.25, 0.3) is 0 Å². The molecule has 0 saturated heterocycles. The number of carboxylic acid groups (broad SMARTS) is 1. The van der Waals surface area contributed by atoms with Gasteiger partial charge in [-0.25, -0.2) is 4.79 Å². The number of aliphatic hydroxyl groups excluding tert-OH is 1. The Kier molecular flexibility index (Phi) is 4.81. The number of hydrogen-bond donors (Lipinski definition) is 2. The van der Waals surface area contributed by atoms with Crippen LogP contribution < -0.4 is 0 Å². The molecule has 2 bridgehead atoms. The fraction of sp³-hybridized carbons (Fsp3) is 0.800. The Balaban J connectivity index is 1.66. The monoisotopic (exact) mass is 252 g/mol. The van der Waals surface area contributed by atoms with Crippen LogP contribution in [0.15, 0.2) is 12.2 Å². The molecule has 2 fully saturated rings. The van der Waals surface area contributed by atoms with E-state index in [9.17, 15) is 9.90 Å². The van der Waals surface area contributed by atoms with E-state index in [0.29, 0.717) is 12.5 Å². The number of hydrogen-bond acceptors (Lipinski definition) is 2. The molecule has 18 heavy (non-hydrogen) atoms. The second-order valence-electron chi connectivity index (χ2n) is 5.87. The van der Waals surface area contributed by atoms with Crippen molar-refractivity contribution in [3.8, 4) is 0 Å². The normalized spacial score (nSPS) is 34.5. The maximum Gasteiger partial charge on any atom is 0.327 e. The molecule has 2 N–H and O–H groups in total. The lowest BCUT2D eigenvalue weighted by Gasteiger charge is -2.29. The third kappa shape index (κ3) is 3.14. The first-order valence-electron chi connectivity index (χ1n) is 7.22. The van der Waals surface area contributed by atoms with E-state index in [1.807, 2.05) is 0 Å². The minimum absolute atomic E-state index is 0.366. The largest absolute Gasteiger partial charge is 0.478 e. The van der Waals surface area contributed by atoms with Crippen LogP contribution in [0.4, 0.5) is 0 Å². The predicted molar refractivity (Wildman–Crippen MR) is 70.1 cm³/mol. The van der Waals surface area contributed by atoms with E-state index in [1.54, 1.807) is 6.08 Å². The Hall–Kier alpha value is -0.830. The van der Waals surface area contributed by atoms with E-state index >= 15 is 0 Å². The van der Waals surface area contributed by atoms with Gasteiger partial charge in [-0.05, 0) is 62.2 Å². The van der Waals surface area contributed by atoms with Crippen molar-refractivity contribution in [2.75, 3.05) is 6.61 Å². The van der Waals surface area contributed by atoms with Gasteiger partial charge in [0.15, 0.2) is 0 Å². The molecule has 3 heteroatoms. The zero-order valence-corrected chi connectivity index (χ0v) is 10.9. The number of fused-ring (bicyclic) bond motifs is 2. The van der Waals surface area contributed by atoms with E-state index in [1.165, 1.54) is 31.8 Å². The summed E-state index contributed by atoms with van der Waals surface area (Å²) in [6.07, 6.45) is 11.3. The van der Waals surface area contributed by atoms with Gasteiger partial charge in [0.25, 0.3) is 0 Å². The molecule has 2 rings (SSSR count). The standard InChI is InChI=1S/C15H24O3/c16-10-14-12-8-7-11(9-12)13(14)5-3-1-2-4-6-15(17)18/h4,6,11-14,16H,1-3,5,7-10H2,(H,17,18)/t11-,12+,13-,14+/m1/s1. The molecule has 0 heterocycles. The molecule has 0 radical (unpaired) electrons. The van der Waals surface area contributed by atoms with Crippen molar-refractivity contribution in [2.24, 2.45) is 23.7 Å². The lowest BCUT2D eigenvalue weighted by molar-refractivity contribution is -0.131. The van der Waals surface area contributed by atoms with Crippen LogP contribution in [0, 0.1) is 23.7 Å². The number of carbonyl (C=O) groups is 1. The summed E-state index contributed by atoms with van der Waals surface area (Å²) >= 11 is 0. The molecule has 0 unspecified atom stereocenters. The Labute approximate surface area is 109 Å². The summed E-state index contributed by atoms with van der Waals surface area (Å²) in [5, 5.41) is 18.0. The van der Waals surface area contributed by atoms with E-state index in [2.05, 4.69) is 0 Å². The van der Waals surface area contributed by atoms with Crippen molar-refractivity contribution < 1.29 is 15.0 Å². The van der Waals surface area contributed by atoms with Gasteiger partial charge in [-0.2, -0.15) is 0 Å². The molecule has 0 aromatic heterocycles. The van der Waals surface area contributed by atoms with E-state index in [4.69, 9.17) is 5.11 Å². The zero-order chi connectivity index (χ0) is 13.0. The van der Waals surface area contributed by atoms with Gasteiger partial charge in [-0.1, -0.05) is 12.5 Å². The Morgan fingerprint density at radius 3 is 2.56 bits per heavy atom. The first kappa shape index (κ1) is 13.6. The predicted octanol–water partition coefficient (Wildman–Crippen LogP) is 2.84. The Morgan fingerprint density at radius 1 is 1.17 bits per heavy atom. The Morgan fingerprint density at radius 2 is 1.89 bits per heavy atom. The molecule has 4 atom stereocenters. The fourth-order valence-corrected chi connectivity index (χ4v) is 4.09. The molecule has 2 aliphatic rings. The molecule has 0 aromatic carbocycles. The molecule has 2 saturated carbocycles. The minimum atomic E-state index is -0.858. The average molecular weight is 252 g/mol. The first-order chi connectivity index (χ1) is 8.72. The summed E-state index contributed by atoms with van der Waals surface area (Å²) in [6, 6.07) is 0. The summed E-state index contributed by atoms with van der Waals surface area (Å²) in [4.78, 5) is 10.3. The molecular weight excluding hydrogens is 228 g/mol. The third-order valence-electron chi connectivity index (χ3n) is 4.90. The highest BCUT2D eigenvalue weighted by atomic mass is 16.4. The summed E-state index contributed by atoms with van der Waals surface area (Å²) in [6.45, 7) is 0.366. The fourth-order valence-electron chi connectivity index (χ4n) is 4.09. The van der Waals surface area contributed by atoms with Gasteiger partial charge in [-0.3, -0.25) is 0 Å². The number of unbranched alkanes of at least 4 members (excludes halogenated alkanes) is 2. The number of aliphatic hydroxyl groups is 1. The molecule has 3 nitrogen and oxygen atoms in total.